The number of aryl methyl sites for hydroxylation is 3. The van der Waals surface area contributed by atoms with Crippen LogP contribution in [0.2, 0.25) is 0 Å². The van der Waals surface area contributed by atoms with Gasteiger partial charge in [0.25, 0.3) is 0 Å². The fraction of sp³-hybridized carbons (Fsp3) is 0.417. The summed E-state index contributed by atoms with van der Waals surface area (Å²) in [6.07, 6.45) is 2.07. The second-order valence-electron chi connectivity index (χ2n) is 3.86. The molecule has 0 saturated heterocycles. The Labute approximate surface area is 100 Å². The monoisotopic (exact) mass is 235 g/mol. The maximum Gasteiger partial charge on any atom is 0.0825 e. The van der Waals surface area contributed by atoms with Gasteiger partial charge in [0.15, 0.2) is 0 Å². The highest BCUT2D eigenvalue weighted by Crippen LogP contribution is 2.19. The highest BCUT2D eigenvalue weighted by atomic mass is 32.1. The van der Waals surface area contributed by atoms with E-state index in [1.165, 1.54) is 10.4 Å². The number of aromatic nitrogens is 2. The highest BCUT2D eigenvalue weighted by Gasteiger charge is 2.04. The first-order valence-corrected chi connectivity index (χ1v) is 6.39. The average molecular weight is 235 g/mol. The molecule has 3 nitrogen and oxygen atoms in total. The van der Waals surface area contributed by atoms with Gasteiger partial charge in [-0.25, -0.2) is 0 Å². The van der Waals surface area contributed by atoms with Gasteiger partial charge in [0.2, 0.25) is 0 Å². The van der Waals surface area contributed by atoms with Crippen molar-refractivity contribution in [1.29, 1.82) is 0 Å². The summed E-state index contributed by atoms with van der Waals surface area (Å²) >= 11 is 1.80. The molecule has 2 aromatic rings. The Bertz CT molecular complexity index is 470. The Hall–Kier alpha value is -1.29. The van der Waals surface area contributed by atoms with Gasteiger partial charge < -0.3 is 5.32 Å². The first-order chi connectivity index (χ1) is 7.70. The molecule has 1 N–H and O–H groups in total. The van der Waals surface area contributed by atoms with Gasteiger partial charge in [0.1, 0.15) is 0 Å². The molecule has 0 fully saturated rings. The fourth-order valence-corrected chi connectivity index (χ4v) is 2.46. The summed E-state index contributed by atoms with van der Waals surface area (Å²) in [5.74, 6) is 0. The lowest BCUT2D eigenvalue weighted by Crippen LogP contribution is -1.98. The molecule has 0 aromatic carbocycles. The molecule has 0 aliphatic heterocycles. The van der Waals surface area contributed by atoms with Crippen LogP contribution < -0.4 is 5.32 Å². The fourth-order valence-electron chi connectivity index (χ4n) is 1.61. The zero-order chi connectivity index (χ0) is 11.5. The lowest BCUT2D eigenvalue weighted by molar-refractivity contribution is 0.653. The van der Waals surface area contributed by atoms with Crippen molar-refractivity contribution >= 4 is 17.0 Å². The van der Waals surface area contributed by atoms with Gasteiger partial charge in [0, 0.05) is 24.2 Å². The molecule has 0 aliphatic rings. The van der Waals surface area contributed by atoms with E-state index in [0.717, 1.165) is 24.5 Å². The van der Waals surface area contributed by atoms with Crippen LogP contribution in [0.5, 0.6) is 0 Å². The van der Waals surface area contributed by atoms with Crippen LogP contribution in [0.25, 0.3) is 0 Å². The number of hydrogen-bond acceptors (Lipinski definition) is 3. The second kappa shape index (κ2) is 4.70. The van der Waals surface area contributed by atoms with Crippen LogP contribution in [0.15, 0.2) is 17.6 Å². The van der Waals surface area contributed by atoms with Crippen LogP contribution in [0.4, 0.5) is 5.69 Å². The third-order valence-electron chi connectivity index (χ3n) is 2.68. The summed E-state index contributed by atoms with van der Waals surface area (Å²) in [5.41, 5.74) is 3.56. The average Bonchev–Trinajstić information content (AvgIpc) is 2.82. The van der Waals surface area contributed by atoms with E-state index < -0.39 is 0 Å². The molecule has 0 spiro atoms. The second-order valence-corrected chi connectivity index (χ2v) is 4.86. The third kappa shape index (κ3) is 2.27. The predicted molar refractivity (Wildman–Crippen MR) is 69.0 cm³/mol. The van der Waals surface area contributed by atoms with E-state index in [1.54, 1.807) is 11.3 Å². The van der Waals surface area contributed by atoms with Crippen molar-refractivity contribution in [2.45, 2.75) is 33.9 Å². The van der Waals surface area contributed by atoms with E-state index >= 15 is 0 Å². The van der Waals surface area contributed by atoms with Gasteiger partial charge in [-0.1, -0.05) is 0 Å². The molecule has 86 valence electrons. The minimum absolute atomic E-state index is 0.889. The largest absolute Gasteiger partial charge is 0.377 e. The Morgan fingerprint density at radius 3 is 2.81 bits per heavy atom. The lowest BCUT2D eigenvalue weighted by Gasteiger charge is -2.03. The van der Waals surface area contributed by atoms with Crippen molar-refractivity contribution in [3.05, 3.63) is 33.8 Å². The molecule has 0 atom stereocenters. The van der Waals surface area contributed by atoms with Gasteiger partial charge in [-0.15, -0.1) is 11.3 Å². The van der Waals surface area contributed by atoms with Crippen LogP contribution in [0, 0.1) is 13.8 Å². The van der Waals surface area contributed by atoms with Gasteiger partial charge in [-0.3, -0.25) is 4.68 Å². The van der Waals surface area contributed by atoms with Crippen molar-refractivity contribution < 1.29 is 0 Å². The molecular weight excluding hydrogens is 218 g/mol. The van der Waals surface area contributed by atoms with E-state index in [1.807, 2.05) is 11.6 Å². The van der Waals surface area contributed by atoms with Crippen LogP contribution in [0.1, 0.15) is 23.1 Å². The standard InChI is InChI=1S/C12H17N3S/c1-4-15-8-11(10(3)14-15)13-7-12-9(2)5-6-16-12/h5-6,8,13H,4,7H2,1-3H3. The number of hydrogen-bond donors (Lipinski definition) is 1. The van der Waals surface area contributed by atoms with Crippen molar-refractivity contribution in [3.8, 4) is 0 Å². The van der Waals surface area contributed by atoms with Crippen molar-refractivity contribution in [2.24, 2.45) is 0 Å². The van der Waals surface area contributed by atoms with E-state index in [2.05, 4.69) is 41.9 Å². The van der Waals surface area contributed by atoms with Gasteiger partial charge in [-0.2, -0.15) is 5.10 Å². The highest BCUT2D eigenvalue weighted by molar-refractivity contribution is 7.10. The smallest absolute Gasteiger partial charge is 0.0825 e. The Morgan fingerprint density at radius 2 is 2.25 bits per heavy atom. The zero-order valence-electron chi connectivity index (χ0n) is 9.95. The van der Waals surface area contributed by atoms with Crippen LogP contribution in [-0.2, 0) is 13.1 Å². The molecule has 2 rings (SSSR count). The van der Waals surface area contributed by atoms with E-state index in [9.17, 15) is 0 Å². The Kier molecular flexibility index (Phi) is 3.29. The Balaban J connectivity index is 2.04. The molecule has 2 heterocycles. The maximum absolute atomic E-state index is 4.41. The number of rotatable bonds is 4. The summed E-state index contributed by atoms with van der Waals surface area (Å²) in [5, 5.41) is 9.98. The summed E-state index contributed by atoms with van der Waals surface area (Å²) in [7, 11) is 0. The third-order valence-corrected chi connectivity index (χ3v) is 3.70. The number of anilines is 1. The summed E-state index contributed by atoms with van der Waals surface area (Å²) in [6.45, 7) is 8.09. The molecule has 0 bridgehead atoms. The molecule has 0 unspecified atom stereocenters. The van der Waals surface area contributed by atoms with Crippen molar-refractivity contribution in [3.63, 3.8) is 0 Å². The molecule has 0 saturated carbocycles. The van der Waals surface area contributed by atoms with Crippen molar-refractivity contribution in [2.75, 3.05) is 5.32 Å². The normalized spacial score (nSPS) is 10.7. The number of nitrogens with one attached hydrogen (secondary N) is 1. The summed E-state index contributed by atoms with van der Waals surface area (Å²) < 4.78 is 1.96. The van der Waals surface area contributed by atoms with Gasteiger partial charge >= 0.3 is 0 Å². The zero-order valence-corrected chi connectivity index (χ0v) is 10.8. The number of nitrogens with zero attached hydrogens (tertiary/aromatic N) is 2. The molecular formula is C12H17N3S. The first kappa shape index (κ1) is 11.2. The minimum Gasteiger partial charge on any atom is -0.377 e. The maximum atomic E-state index is 4.41. The number of thiophene rings is 1. The van der Waals surface area contributed by atoms with Crippen LogP contribution in [0.3, 0.4) is 0 Å². The minimum atomic E-state index is 0.889. The summed E-state index contributed by atoms with van der Waals surface area (Å²) in [6, 6.07) is 2.16. The topological polar surface area (TPSA) is 29.9 Å². The van der Waals surface area contributed by atoms with Crippen LogP contribution in [-0.4, -0.2) is 9.78 Å². The summed E-state index contributed by atoms with van der Waals surface area (Å²) in [4.78, 5) is 1.39. The molecule has 0 amide bonds. The molecule has 0 aliphatic carbocycles. The Morgan fingerprint density at radius 1 is 1.44 bits per heavy atom. The first-order valence-electron chi connectivity index (χ1n) is 5.51. The quantitative estimate of drug-likeness (QED) is 0.882. The predicted octanol–water partition coefficient (Wildman–Crippen LogP) is 3.19. The van der Waals surface area contributed by atoms with Gasteiger partial charge in [0.05, 0.1) is 11.4 Å². The molecule has 4 heteroatoms. The molecule has 16 heavy (non-hydrogen) atoms. The molecule has 0 radical (unpaired) electrons. The van der Waals surface area contributed by atoms with Gasteiger partial charge in [-0.05, 0) is 37.8 Å². The molecule has 2 aromatic heterocycles. The lowest BCUT2D eigenvalue weighted by atomic mass is 10.3. The van der Waals surface area contributed by atoms with Crippen molar-refractivity contribution in [1.82, 2.24) is 9.78 Å². The van der Waals surface area contributed by atoms with E-state index in [0.29, 0.717) is 0 Å². The van der Waals surface area contributed by atoms with E-state index in [4.69, 9.17) is 0 Å². The van der Waals surface area contributed by atoms with Crippen LogP contribution >= 0.6 is 11.3 Å². The SMILES string of the molecule is CCn1cc(NCc2sccc2C)c(C)n1. The van der Waals surface area contributed by atoms with E-state index in [-0.39, 0.29) is 0 Å².